The molecule has 1 nitrogen and oxygen atoms in total. The monoisotopic (exact) mass is 635 g/mol. The van der Waals surface area contributed by atoms with Crippen LogP contribution in [0.25, 0.3) is 0 Å². The van der Waals surface area contributed by atoms with Gasteiger partial charge in [-0.25, -0.2) is 0 Å². The maximum absolute atomic E-state index is 11.2. The minimum Gasteiger partial charge on any atom is -0.366 e. The topological polar surface area (TPSA) is 17.1 Å². The van der Waals surface area contributed by atoms with Gasteiger partial charge in [0.15, 0.2) is 0 Å². The van der Waals surface area contributed by atoms with Crippen molar-refractivity contribution in [2.75, 3.05) is 6.26 Å². The Labute approximate surface area is 211 Å². The summed E-state index contributed by atoms with van der Waals surface area (Å²) in [5.74, 6) is 2.23. The normalized spacial score (nSPS) is 9.66. The Bertz CT molecular complexity index is 1050. The van der Waals surface area contributed by atoms with Gasteiger partial charge >= 0.3 is 22.4 Å². The molecule has 0 saturated heterocycles. The van der Waals surface area contributed by atoms with Crippen molar-refractivity contribution in [2.24, 2.45) is 0 Å². The number of carbonyl (C=O) groups excluding carboxylic acids is 1. The van der Waals surface area contributed by atoms with Crippen molar-refractivity contribution in [3.63, 3.8) is 0 Å². The van der Waals surface area contributed by atoms with Crippen molar-refractivity contribution >= 4 is 40.7 Å². The molecule has 0 aliphatic rings. The standard InChI is InChI=1S/C18H15P.C10H7OS.Au/c1-4-10-16(11-5-1)19(17-12-6-2-7-13-17)18-14-8-3-9-15-18;1-3-8-5-4-6-9(7-8)10(11)12-2;/h1-15H;4-7H,2H3;/q;-1;+1/p+1. The molecule has 0 spiro atoms. The maximum Gasteiger partial charge on any atom is 1.00 e. The van der Waals surface area contributed by atoms with E-state index < -0.39 is 7.92 Å². The van der Waals surface area contributed by atoms with Gasteiger partial charge in [0.2, 0.25) is 5.12 Å². The van der Waals surface area contributed by atoms with E-state index in [1.54, 1.807) is 30.5 Å². The van der Waals surface area contributed by atoms with Crippen LogP contribution in [0.15, 0.2) is 115 Å². The molecule has 4 aromatic rings. The maximum atomic E-state index is 11.2. The van der Waals surface area contributed by atoms with E-state index in [1.165, 1.54) is 27.7 Å². The molecule has 162 valence electrons. The second kappa shape index (κ2) is 13.9. The van der Waals surface area contributed by atoms with E-state index in [4.69, 9.17) is 6.42 Å². The van der Waals surface area contributed by atoms with Gasteiger partial charge < -0.3 is 6.42 Å². The molecule has 0 saturated carbocycles. The zero-order chi connectivity index (χ0) is 21.9. The molecule has 0 bridgehead atoms. The molecule has 0 aliphatic carbocycles. The van der Waals surface area contributed by atoms with Crippen molar-refractivity contribution in [3.8, 4) is 5.92 Å². The van der Waals surface area contributed by atoms with E-state index in [2.05, 4.69) is 96.9 Å². The average Bonchev–Trinajstić information content (AvgIpc) is 2.86. The van der Waals surface area contributed by atoms with Crippen LogP contribution < -0.4 is 15.9 Å². The van der Waals surface area contributed by atoms with E-state index in [1.807, 2.05) is 0 Å². The number of rotatable bonds is 4. The molecular weight excluding hydrogens is 612 g/mol. The summed E-state index contributed by atoms with van der Waals surface area (Å²) in [7, 11) is -0.877. The van der Waals surface area contributed by atoms with E-state index in [-0.39, 0.29) is 27.5 Å². The third-order valence-electron chi connectivity index (χ3n) is 4.62. The molecule has 0 radical (unpaired) electrons. The Hall–Kier alpha value is -2.37. The number of carbonyl (C=O) groups is 1. The van der Waals surface area contributed by atoms with Crippen LogP contribution in [0.2, 0.25) is 0 Å². The van der Waals surface area contributed by atoms with Gasteiger partial charge in [-0.1, -0.05) is 78.5 Å². The molecule has 4 heteroatoms. The fourth-order valence-electron chi connectivity index (χ4n) is 3.16. The third kappa shape index (κ3) is 7.35. The average molecular weight is 635 g/mol. The number of thioether (sulfide) groups is 1. The van der Waals surface area contributed by atoms with Crippen LogP contribution in [0.3, 0.4) is 0 Å². The zero-order valence-corrected chi connectivity index (χ0v) is 21.6. The minimum atomic E-state index is -0.877. The van der Waals surface area contributed by atoms with Crippen molar-refractivity contribution in [1.82, 2.24) is 0 Å². The molecule has 0 aliphatic heterocycles. The first kappa shape index (κ1) is 25.9. The predicted molar refractivity (Wildman–Crippen MR) is 137 cm³/mol. The summed E-state index contributed by atoms with van der Waals surface area (Å²) in [6.45, 7) is 0. The van der Waals surface area contributed by atoms with Gasteiger partial charge in [-0.15, -0.1) is 17.7 Å². The van der Waals surface area contributed by atoms with Gasteiger partial charge in [-0.2, -0.15) is 0 Å². The first-order chi connectivity index (χ1) is 15.2. The Balaban J connectivity index is 0.000000244. The van der Waals surface area contributed by atoms with Gasteiger partial charge in [-0.3, -0.25) is 10.7 Å². The van der Waals surface area contributed by atoms with Crippen LogP contribution in [0, 0.1) is 12.3 Å². The molecule has 0 atom stereocenters. The molecule has 0 amide bonds. The summed E-state index contributed by atoms with van der Waals surface area (Å²) in [6, 6.07) is 39.4. The first-order valence-electron chi connectivity index (χ1n) is 9.87. The van der Waals surface area contributed by atoms with Crippen LogP contribution in [0.4, 0.5) is 0 Å². The summed E-state index contributed by atoms with van der Waals surface area (Å²) in [5.41, 5.74) is 1.26. The SMILES string of the molecule is [Au+].[C-]#Cc1cccc(C(=O)SC)c1.c1ccc([PH+](c2ccccc2)c2ccccc2)cc1. The smallest absolute Gasteiger partial charge is 0.366 e. The number of hydrogen-bond donors (Lipinski definition) is 0. The van der Waals surface area contributed by atoms with Gasteiger partial charge in [-0.05, 0) is 42.7 Å². The van der Waals surface area contributed by atoms with Crippen molar-refractivity contribution in [1.29, 1.82) is 0 Å². The number of hydrogen-bond acceptors (Lipinski definition) is 2. The van der Waals surface area contributed by atoms with Gasteiger partial charge in [0, 0.05) is 5.56 Å². The summed E-state index contributed by atoms with van der Waals surface area (Å²) in [6.07, 6.45) is 8.61. The van der Waals surface area contributed by atoms with E-state index in [0.29, 0.717) is 11.1 Å². The van der Waals surface area contributed by atoms with Crippen LogP contribution in [0.5, 0.6) is 0 Å². The summed E-state index contributed by atoms with van der Waals surface area (Å²) < 4.78 is 0. The molecule has 32 heavy (non-hydrogen) atoms. The van der Waals surface area contributed by atoms with Crippen molar-refractivity contribution < 1.29 is 27.2 Å². The largest absolute Gasteiger partial charge is 1.00 e. The quantitative estimate of drug-likeness (QED) is 0.131. The van der Waals surface area contributed by atoms with Gasteiger partial charge in [0.25, 0.3) is 0 Å². The van der Waals surface area contributed by atoms with E-state index >= 15 is 0 Å². The summed E-state index contributed by atoms with van der Waals surface area (Å²) in [5, 5.41) is 4.33. The molecule has 0 aromatic heterocycles. The predicted octanol–water partition coefficient (Wildman–Crippen LogP) is 5.30. The van der Waals surface area contributed by atoms with Crippen LogP contribution in [-0.4, -0.2) is 11.4 Å². The Morgan fingerprint density at radius 3 is 1.53 bits per heavy atom. The zero-order valence-electron chi connectivity index (χ0n) is 17.6. The van der Waals surface area contributed by atoms with E-state index in [9.17, 15) is 4.79 Å². The fourth-order valence-corrected chi connectivity index (χ4v) is 6.10. The van der Waals surface area contributed by atoms with Gasteiger partial charge in [0.05, 0.1) is 7.92 Å². The van der Waals surface area contributed by atoms with Crippen LogP contribution in [0.1, 0.15) is 15.9 Å². The Morgan fingerprint density at radius 1 is 0.719 bits per heavy atom. The minimum absolute atomic E-state index is 0. The van der Waals surface area contributed by atoms with Crippen molar-refractivity contribution in [3.05, 3.63) is 133 Å². The first-order valence-corrected chi connectivity index (χ1v) is 12.6. The molecule has 0 N–H and O–H groups in total. The summed E-state index contributed by atoms with van der Waals surface area (Å²) in [4.78, 5) is 11.2. The molecule has 4 aromatic carbocycles. The summed E-state index contributed by atoms with van der Waals surface area (Å²) >= 11 is 1.17. The second-order valence-corrected chi connectivity index (χ2v) is 9.93. The van der Waals surface area contributed by atoms with Gasteiger partial charge in [0.1, 0.15) is 15.9 Å². The second-order valence-electron chi connectivity index (χ2n) is 6.67. The molecular formula is C28H23AuOPS+. The third-order valence-corrected chi connectivity index (χ3v) is 7.95. The molecule has 0 unspecified atom stereocenters. The number of benzene rings is 4. The molecule has 0 fully saturated rings. The van der Waals surface area contributed by atoms with E-state index in [0.717, 1.165) is 0 Å². The Kier molecular flexibility index (Phi) is 11.3. The molecule has 0 heterocycles. The molecule has 4 rings (SSSR count). The Morgan fingerprint density at radius 2 is 1.16 bits per heavy atom. The van der Waals surface area contributed by atoms with Crippen molar-refractivity contribution in [2.45, 2.75) is 0 Å². The van der Waals surface area contributed by atoms with Crippen LogP contribution >= 0.6 is 19.7 Å². The van der Waals surface area contributed by atoms with Crippen LogP contribution in [-0.2, 0) is 22.4 Å². The fraction of sp³-hybridized carbons (Fsp3) is 0.0357.